The summed E-state index contributed by atoms with van der Waals surface area (Å²) >= 11 is 0. The number of amides is 3. The second kappa shape index (κ2) is 9.45. The molecule has 3 aromatic carbocycles. The van der Waals surface area contributed by atoms with Crippen LogP contribution in [0.2, 0.25) is 0 Å². The summed E-state index contributed by atoms with van der Waals surface area (Å²) in [6.07, 6.45) is -0.942. The molecule has 0 spiro atoms. The van der Waals surface area contributed by atoms with Crippen molar-refractivity contribution in [3.63, 3.8) is 0 Å². The summed E-state index contributed by atoms with van der Waals surface area (Å²) < 4.78 is 0. The van der Waals surface area contributed by atoms with Crippen LogP contribution < -0.4 is 15.5 Å². The first-order valence-electron chi connectivity index (χ1n) is 10.3. The third kappa shape index (κ3) is 4.53. The molecule has 0 fully saturated rings. The van der Waals surface area contributed by atoms with E-state index in [1.54, 1.807) is 41.3 Å². The molecule has 1 aliphatic rings. The van der Waals surface area contributed by atoms with Crippen LogP contribution >= 0.6 is 0 Å². The SMILES string of the molecule is O=C(NC[C@H](O)c1ccccc1)C(=O)N[C@H]1C(=O)N(Cc2ccccc2)c2ccccc21. The van der Waals surface area contributed by atoms with Crippen molar-refractivity contribution in [2.75, 3.05) is 11.4 Å². The number of carbonyl (C=O) groups is 3. The molecule has 0 unspecified atom stereocenters. The Bertz CT molecular complexity index is 1120. The summed E-state index contributed by atoms with van der Waals surface area (Å²) in [4.78, 5) is 39.5. The molecular weight excluding hydrogens is 406 g/mol. The predicted molar refractivity (Wildman–Crippen MR) is 119 cm³/mol. The predicted octanol–water partition coefficient (Wildman–Crippen LogP) is 2.24. The minimum Gasteiger partial charge on any atom is -0.387 e. The van der Waals surface area contributed by atoms with Crippen LogP contribution in [-0.4, -0.2) is 29.4 Å². The zero-order chi connectivity index (χ0) is 22.5. The minimum atomic E-state index is -0.952. The highest BCUT2D eigenvalue weighted by molar-refractivity contribution is 6.35. The molecule has 2 atom stereocenters. The summed E-state index contributed by atoms with van der Waals surface area (Å²) in [5, 5.41) is 15.1. The van der Waals surface area contributed by atoms with E-state index in [9.17, 15) is 19.5 Å². The van der Waals surface area contributed by atoms with Crippen LogP contribution in [-0.2, 0) is 20.9 Å². The maximum absolute atomic E-state index is 13.1. The maximum atomic E-state index is 13.1. The van der Waals surface area contributed by atoms with Gasteiger partial charge >= 0.3 is 11.8 Å². The first-order chi connectivity index (χ1) is 15.5. The van der Waals surface area contributed by atoms with Crippen molar-refractivity contribution in [2.45, 2.75) is 18.7 Å². The lowest BCUT2D eigenvalue weighted by atomic mass is 10.1. The second-order valence-electron chi connectivity index (χ2n) is 7.51. The summed E-state index contributed by atoms with van der Waals surface area (Å²) in [5.74, 6) is -2.15. The highest BCUT2D eigenvalue weighted by Crippen LogP contribution is 2.36. The van der Waals surface area contributed by atoms with Gasteiger partial charge in [0.1, 0.15) is 6.04 Å². The first-order valence-corrected chi connectivity index (χ1v) is 10.3. The molecule has 4 rings (SSSR count). The second-order valence-corrected chi connectivity index (χ2v) is 7.51. The Morgan fingerprint density at radius 3 is 2.22 bits per heavy atom. The summed E-state index contributed by atoms with van der Waals surface area (Å²) in [6, 6.07) is 24.6. The van der Waals surface area contributed by atoms with Crippen LogP contribution in [0.5, 0.6) is 0 Å². The van der Waals surface area contributed by atoms with E-state index in [2.05, 4.69) is 10.6 Å². The molecule has 3 aromatic rings. The van der Waals surface area contributed by atoms with E-state index in [0.29, 0.717) is 23.4 Å². The molecule has 162 valence electrons. The average Bonchev–Trinajstić information content (AvgIpc) is 3.09. The van der Waals surface area contributed by atoms with E-state index in [0.717, 1.165) is 5.56 Å². The number of para-hydroxylation sites is 1. The van der Waals surface area contributed by atoms with E-state index < -0.39 is 24.0 Å². The van der Waals surface area contributed by atoms with Crippen LogP contribution in [0.1, 0.15) is 28.8 Å². The summed E-state index contributed by atoms with van der Waals surface area (Å²) in [5.41, 5.74) is 2.92. The zero-order valence-electron chi connectivity index (χ0n) is 17.3. The zero-order valence-corrected chi connectivity index (χ0v) is 17.3. The lowest BCUT2D eigenvalue weighted by molar-refractivity contribution is -0.140. The fourth-order valence-electron chi connectivity index (χ4n) is 3.71. The van der Waals surface area contributed by atoms with E-state index in [-0.39, 0.29) is 12.5 Å². The molecule has 3 amide bonds. The number of nitrogens with zero attached hydrogens (tertiary/aromatic N) is 1. The average molecular weight is 429 g/mol. The molecule has 1 heterocycles. The number of benzene rings is 3. The normalized spacial score (nSPS) is 15.7. The van der Waals surface area contributed by atoms with Gasteiger partial charge in [-0.25, -0.2) is 0 Å². The van der Waals surface area contributed by atoms with Gasteiger partial charge in [-0.05, 0) is 17.2 Å². The van der Waals surface area contributed by atoms with Crippen molar-refractivity contribution < 1.29 is 19.5 Å². The smallest absolute Gasteiger partial charge is 0.310 e. The summed E-state index contributed by atoms with van der Waals surface area (Å²) in [6.45, 7) is 0.240. The van der Waals surface area contributed by atoms with Crippen molar-refractivity contribution in [1.29, 1.82) is 0 Å². The van der Waals surface area contributed by atoms with Gasteiger partial charge in [0, 0.05) is 17.8 Å². The number of aliphatic hydroxyl groups is 1. The largest absolute Gasteiger partial charge is 0.387 e. The molecule has 0 saturated carbocycles. The van der Waals surface area contributed by atoms with E-state index >= 15 is 0 Å². The summed E-state index contributed by atoms with van der Waals surface area (Å²) in [7, 11) is 0. The Kier molecular flexibility index (Phi) is 6.28. The van der Waals surface area contributed by atoms with Gasteiger partial charge in [-0.3, -0.25) is 14.4 Å². The van der Waals surface area contributed by atoms with E-state index in [1.807, 2.05) is 48.5 Å². The lowest BCUT2D eigenvalue weighted by Crippen LogP contribution is -2.45. The van der Waals surface area contributed by atoms with Gasteiger partial charge in [-0.2, -0.15) is 0 Å². The third-order valence-corrected chi connectivity index (χ3v) is 5.36. The minimum absolute atomic E-state index is 0.119. The highest BCUT2D eigenvalue weighted by atomic mass is 16.3. The third-order valence-electron chi connectivity index (χ3n) is 5.36. The number of hydrogen-bond donors (Lipinski definition) is 3. The molecular formula is C25H23N3O4. The molecule has 0 bridgehead atoms. The van der Waals surface area contributed by atoms with Gasteiger partial charge in [-0.15, -0.1) is 0 Å². The molecule has 32 heavy (non-hydrogen) atoms. The topological polar surface area (TPSA) is 98.7 Å². The molecule has 3 N–H and O–H groups in total. The first kappa shape index (κ1) is 21.3. The number of rotatable bonds is 6. The monoisotopic (exact) mass is 429 g/mol. The van der Waals surface area contributed by atoms with Gasteiger partial charge in [-0.1, -0.05) is 78.9 Å². The Labute approximate surface area is 185 Å². The molecule has 0 saturated heterocycles. The molecule has 7 nitrogen and oxygen atoms in total. The molecule has 0 aliphatic carbocycles. The Morgan fingerprint density at radius 1 is 0.875 bits per heavy atom. The molecule has 7 heteroatoms. The molecule has 0 radical (unpaired) electrons. The van der Waals surface area contributed by atoms with Crippen LogP contribution in [0.25, 0.3) is 0 Å². The Hall–Kier alpha value is -3.97. The van der Waals surface area contributed by atoms with Crippen molar-refractivity contribution in [3.8, 4) is 0 Å². The van der Waals surface area contributed by atoms with E-state index in [4.69, 9.17) is 0 Å². The quantitative estimate of drug-likeness (QED) is 0.524. The fraction of sp³-hybridized carbons (Fsp3) is 0.160. The number of nitrogens with one attached hydrogen (secondary N) is 2. The molecule has 0 aromatic heterocycles. The fourth-order valence-corrected chi connectivity index (χ4v) is 3.71. The Morgan fingerprint density at radius 2 is 1.50 bits per heavy atom. The number of fused-ring (bicyclic) bond motifs is 1. The number of hydrogen-bond acceptors (Lipinski definition) is 4. The van der Waals surface area contributed by atoms with Crippen molar-refractivity contribution in [2.24, 2.45) is 0 Å². The van der Waals surface area contributed by atoms with Crippen molar-refractivity contribution >= 4 is 23.4 Å². The van der Waals surface area contributed by atoms with Crippen LogP contribution in [0, 0.1) is 0 Å². The van der Waals surface area contributed by atoms with E-state index in [1.165, 1.54) is 0 Å². The molecule has 1 aliphatic heterocycles. The van der Waals surface area contributed by atoms with Gasteiger partial charge in [0.2, 0.25) is 0 Å². The van der Waals surface area contributed by atoms with Crippen LogP contribution in [0.15, 0.2) is 84.9 Å². The van der Waals surface area contributed by atoms with Crippen molar-refractivity contribution in [3.05, 3.63) is 102 Å². The van der Waals surface area contributed by atoms with Crippen molar-refractivity contribution in [1.82, 2.24) is 10.6 Å². The maximum Gasteiger partial charge on any atom is 0.310 e. The van der Waals surface area contributed by atoms with Gasteiger partial charge in [0.05, 0.1) is 12.6 Å². The highest BCUT2D eigenvalue weighted by Gasteiger charge is 2.38. The Balaban J connectivity index is 1.42. The standard InChI is InChI=1S/C25H23N3O4/c29-21(18-11-5-2-6-12-18)15-26-23(30)24(31)27-22-19-13-7-8-14-20(19)28(25(22)32)16-17-9-3-1-4-10-17/h1-14,21-22,29H,15-16H2,(H,26,30)(H,27,31)/t21-,22+/m0/s1. The lowest BCUT2D eigenvalue weighted by Gasteiger charge is -2.18. The van der Waals surface area contributed by atoms with Gasteiger partial charge < -0.3 is 20.6 Å². The van der Waals surface area contributed by atoms with Crippen LogP contribution in [0.4, 0.5) is 5.69 Å². The number of anilines is 1. The van der Waals surface area contributed by atoms with Gasteiger partial charge in [0.15, 0.2) is 0 Å². The number of carbonyl (C=O) groups excluding carboxylic acids is 3. The van der Waals surface area contributed by atoms with Crippen LogP contribution in [0.3, 0.4) is 0 Å². The van der Waals surface area contributed by atoms with Gasteiger partial charge in [0.25, 0.3) is 5.91 Å². The number of aliphatic hydroxyl groups excluding tert-OH is 1.